The van der Waals surface area contributed by atoms with Gasteiger partial charge in [-0.1, -0.05) is 6.07 Å². The Labute approximate surface area is 89.1 Å². The van der Waals surface area contributed by atoms with Gasteiger partial charge in [-0.05, 0) is 25.0 Å². The van der Waals surface area contributed by atoms with Gasteiger partial charge in [0.2, 0.25) is 5.91 Å². The summed E-state index contributed by atoms with van der Waals surface area (Å²) in [7, 11) is 0. The number of nitrogens with zero attached hydrogens (tertiary/aromatic N) is 1. The van der Waals surface area contributed by atoms with Crippen molar-refractivity contribution in [2.75, 3.05) is 13.1 Å². The van der Waals surface area contributed by atoms with E-state index in [0.29, 0.717) is 6.54 Å². The van der Waals surface area contributed by atoms with E-state index in [-0.39, 0.29) is 11.9 Å². The Kier molecular flexibility index (Phi) is 3.29. The fourth-order valence-electron chi connectivity index (χ4n) is 1.73. The summed E-state index contributed by atoms with van der Waals surface area (Å²) in [5.74, 6) is 0.0901. The molecule has 1 amide bonds. The third-order valence-electron chi connectivity index (χ3n) is 2.52. The number of carbonyl (C=O) groups excluding carboxylic acids is 1. The van der Waals surface area contributed by atoms with Crippen molar-refractivity contribution in [1.82, 2.24) is 15.6 Å². The van der Waals surface area contributed by atoms with Crippen molar-refractivity contribution in [3.63, 3.8) is 0 Å². The Hall–Kier alpha value is -1.42. The summed E-state index contributed by atoms with van der Waals surface area (Å²) >= 11 is 0. The molecule has 0 bridgehead atoms. The van der Waals surface area contributed by atoms with Gasteiger partial charge in [0.1, 0.15) is 0 Å². The number of pyridine rings is 1. The average Bonchev–Trinajstić information content (AvgIpc) is 2.28. The van der Waals surface area contributed by atoms with E-state index in [4.69, 9.17) is 0 Å². The maximum Gasteiger partial charge on any atom is 0.234 e. The molecule has 1 aromatic rings. The molecule has 1 atom stereocenters. The molecule has 1 fully saturated rings. The predicted octanol–water partition coefficient (Wildman–Crippen LogP) is 0.102. The summed E-state index contributed by atoms with van der Waals surface area (Å²) in [5, 5.41) is 6.05. The van der Waals surface area contributed by atoms with Crippen LogP contribution in [0.5, 0.6) is 0 Å². The summed E-state index contributed by atoms with van der Waals surface area (Å²) in [6.07, 6.45) is 3.65. The quantitative estimate of drug-likeness (QED) is 0.736. The molecular formula is C11H15N3O. The Morgan fingerprint density at radius 1 is 1.47 bits per heavy atom. The molecular weight excluding hydrogens is 190 g/mol. The van der Waals surface area contributed by atoms with E-state index in [1.165, 1.54) is 0 Å². The normalized spacial score (nSPS) is 21.1. The van der Waals surface area contributed by atoms with Gasteiger partial charge >= 0.3 is 0 Å². The average molecular weight is 205 g/mol. The van der Waals surface area contributed by atoms with Crippen LogP contribution in [0.25, 0.3) is 0 Å². The topological polar surface area (TPSA) is 54.0 Å². The van der Waals surface area contributed by atoms with E-state index in [9.17, 15) is 4.79 Å². The van der Waals surface area contributed by atoms with Crippen molar-refractivity contribution in [3.05, 3.63) is 30.1 Å². The first kappa shape index (κ1) is 10.1. The number of aryl methyl sites for hydroxylation is 1. The number of hydrogen-bond donors (Lipinski definition) is 2. The Morgan fingerprint density at radius 2 is 2.40 bits per heavy atom. The van der Waals surface area contributed by atoms with Crippen molar-refractivity contribution >= 4 is 5.91 Å². The minimum Gasteiger partial charge on any atom is -0.351 e. The van der Waals surface area contributed by atoms with Gasteiger partial charge in [0.25, 0.3) is 0 Å². The predicted molar refractivity (Wildman–Crippen MR) is 57.4 cm³/mol. The van der Waals surface area contributed by atoms with Crippen LogP contribution >= 0.6 is 0 Å². The van der Waals surface area contributed by atoms with Gasteiger partial charge in [0, 0.05) is 24.5 Å². The van der Waals surface area contributed by atoms with Crippen LogP contribution in [-0.2, 0) is 11.2 Å². The van der Waals surface area contributed by atoms with E-state index >= 15 is 0 Å². The maximum absolute atomic E-state index is 11.1. The SMILES string of the molecule is O=C1CNCC(CCc2ccccn2)N1. The summed E-state index contributed by atoms with van der Waals surface area (Å²) in [5.41, 5.74) is 1.08. The summed E-state index contributed by atoms with van der Waals surface area (Å²) < 4.78 is 0. The summed E-state index contributed by atoms with van der Waals surface area (Å²) in [4.78, 5) is 15.3. The number of piperazine rings is 1. The molecule has 15 heavy (non-hydrogen) atoms. The number of carbonyl (C=O) groups is 1. The second-order valence-corrected chi connectivity index (χ2v) is 3.76. The molecule has 1 aliphatic rings. The van der Waals surface area contributed by atoms with Gasteiger partial charge in [-0.25, -0.2) is 0 Å². The first-order chi connectivity index (χ1) is 7.34. The van der Waals surface area contributed by atoms with Crippen LogP contribution in [0.4, 0.5) is 0 Å². The molecule has 0 saturated carbocycles. The smallest absolute Gasteiger partial charge is 0.234 e. The van der Waals surface area contributed by atoms with Crippen molar-refractivity contribution < 1.29 is 4.79 Å². The summed E-state index contributed by atoms with van der Waals surface area (Å²) in [6.45, 7) is 1.30. The monoisotopic (exact) mass is 205 g/mol. The highest BCUT2D eigenvalue weighted by Gasteiger charge is 2.16. The van der Waals surface area contributed by atoms with Crippen molar-refractivity contribution in [1.29, 1.82) is 0 Å². The van der Waals surface area contributed by atoms with Crippen LogP contribution in [0.3, 0.4) is 0 Å². The Morgan fingerprint density at radius 3 is 3.13 bits per heavy atom. The molecule has 1 unspecified atom stereocenters. The number of amides is 1. The fraction of sp³-hybridized carbons (Fsp3) is 0.455. The molecule has 4 nitrogen and oxygen atoms in total. The van der Waals surface area contributed by atoms with Crippen molar-refractivity contribution in [3.8, 4) is 0 Å². The second kappa shape index (κ2) is 4.89. The highest BCUT2D eigenvalue weighted by molar-refractivity contribution is 5.79. The van der Waals surface area contributed by atoms with Gasteiger partial charge in [-0.15, -0.1) is 0 Å². The minimum atomic E-state index is 0.0901. The van der Waals surface area contributed by atoms with Crippen LogP contribution in [0.2, 0.25) is 0 Å². The van der Waals surface area contributed by atoms with Gasteiger partial charge in [-0.2, -0.15) is 0 Å². The fourth-order valence-corrected chi connectivity index (χ4v) is 1.73. The molecule has 80 valence electrons. The van der Waals surface area contributed by atoms with Crippen molar-refractivity contribution in [2.24, 2.45) is 0 Å². The van der Waals surface area contributed by atoms with Gasteiger partial charge in [0.05, 0.1) is 6.54 Å². The van der Waals surface area contributed by atoms with Crippen LogP contribution < -0.4 is 10.6 Å². The Bertz CT molecular complexity index is 326. The number of hydrogen-bond acceptors (Lipinski definition) is 3. The molecule has 4 heteroatoms. The van der Waals surface area contributed by atoms with E-state index < -0.39 is 0 Å². The zero-order valence-corrected chi connectivity index (χ0v) is 8.57. The van der Waals surface area contributed by atoms with Crippen LogP contribution in [0, 0.1) is 0 Å². The van der Waals surface area contributed by atoms with E-state index in [1.54, 1.807) is 6.20 Å². The van der Waals surface area contributed by atoms with E-state index in [1.807, 2.05) is 18.2 Å². The van der Waals surface area contributed by atoms with Crippen LogP contribution in [0.15, 0.2) is 24.4 Å². The first-order valence-corrected chi connectivity index (χ1v) is 5.24. The maximum atomic E-state index is 11.1. The molecule has 2 rings (SSSR count). The summed E-state index contributed by atoms with van der Waals surface area (Å²) in [6, 6.07) is 6.15. The van der Waals surface area contributed by atoms with Crippen LogP contribution in [-0.4, -0.2) is 30.0 Å². The second-order valence-electron chi connectivity index (χ2n) is 3.76. The zero-order chi connectivity index (χ0) is 10.5. The van der Waals surface area contributed by atoms with E-state index in [0.717, 1.165) is 25.1 Å². The van der Waals surface area contributed by atoms with Gasteiger partial charge < -0.3 is 10.6 Å². The molecule has 1 saturated heterocycles. The lowest BCUT2D eigenvalue weighted by Crippen LogP contribution is -2.52. The van der Waals surface area contributed by atoms with E-state index in [2.05, 4.69) is 15.6 Å². The zero-order valence-electron chi connectivity index (χ0n) is 8.57. The lowest BCUT2D eigenvalue weighted by Gasteiger charge is -2.23. The standard InChI is InChI=1S/C11H15N3O/c15-11-8-12-7-10(14-11)5-4-9-3-1-2-6-13-9/h1-3,6,10,12H,4-5,7-8H2,(H,14,15). The Balaban J connectivity index is 1.80. The molecule has 1 aromatic heterocycles. The number of rotatable bonds is 3. The molecule has 2 heterocycles. The number of nitrogens with one attached hydrogen (secondary N) is 2. The highest BCUT2D eigenvalue weighted by Crippen LogP contribution is 2.02. The largest absolute Gasteiger partial charge is 0.351 e. The molecule has 1 aliphatic heterocycles. The van der Waals surface area contributed by atoms with Gasteiger partial charge in [-0.3, -0.25) is 9.78 Å². The first-order valence-electron chi connectivity index (χ1n) is 5.24. The third-order valence-corrected chi connectivity index (χ3v) is 2.52. The molecule has 0 spiro atoms. The molecule has 2 N–H and O–H groups in total. The van der Waals surface area contributed by atoms with Crippen LogP contribution in [0.1, 0.15) is 12.1 Å². The lowest BCUT2D eigenvalue weighted by atomic mass is 10.1. The van der Waals surface area contributed by atoms with Crippen molar-refractivity contribution in [2.45, 2.75) is 18.9 Å². The molecule has 0 aliphatic carbocycles. The third kappa shape index (κ3) is 3.02. The number of aromatic nitrogens is 1. The molecule has 0 radical (unpaired) electrons. The molecule has 0 aromatic carbocycles. The highest BCUT2D eigenvalue weighted by atomic mass is 16.2. The van der Waals surface area contributed by atoms with Gasteiger partial charge in [0.15, 0.2) is 0 Å². The minimum absolute atomic E-state index is 0.0901. The lowest BCUT2D eigenvalue weighted by molar-refractivity contribution is -0.122.